The first kappa shape index (κ1) is 10.2. The molecule has 4 nitrogen and oxygen atoms in total. The van der Waals surface area contributed by atoms with Crippen molar-refractivity contribution in [1.82, 2.24) is 0 Å². The normalized spacial score (nSPS) is 33.5. The van der Waals surface area contributed by atoms with E-state index in [1.807, 2.05) is 0 Å². The van der Waals surface area contributed by atoms with E-state index in [0.717, 1.165) is 0 Å². The average molecular weight is 186 g/mol. The lowest BCUT2D eigenvalue weighted by Gasteiger charge is -2.21. The molecule has 1 aliphatic rings. The number of carbonyl (C=O) groups excluding carboxylic acids is 2. The Morgan fingerprint density at radius 1 is 1.77 bits per heavy atom. The van der Waals surface area contributed by atoms with Crippen molar-refractivity contribution in [2.45, 2.75) is 32.3 Å². The number of ether oxygens (including phenoxy) is 1. The Hall–Kier alpha value is -0.900. The zero-order chi connectivity index (χ0) is 10.1. The van der Waals surface area contributed by atoms with E-state index < -0.39 is 17.5 Å². The molecule has 74 valence electrons. The van der Waals surface area contributed by atoms with Gasteiger partial charge in [0.25, 0.3) is 0 Å². The fourth-order valence-corrected chi connectivity index (χ4v) is 1.59. The fourth-order valence-electron chi connectivity index (χ4n) is 1.59. The van der Waals surface area contributed by atoms with Crippen LogP contribution in [0.4, 0.5) is 0 Å². The summed E-state index contributed by atoms with van der Waals surface area (Å²) in [5, 5.41) is 9.67. The Bertz CT molecular complexity index is 232. The SMILES string of the molecule is CCOC(=O)[C@H]1CCC(=O)[C@@]1(C)O. The van der Waals surface area contributed by atoms with Gasteiger partial charge in [0.05, 0.1) is 12.5 Å². The van der Waals surface area contributed by atoms with E-state index in [2.05, 4.69) is 0 Å². The van der Waals surface area contributed by atoms with Gasteiger partial charge in [0.2, 0.25) is 0 Å². The summed E-state index contributed by atoms with van der Waals surface area (Å²) in [7, 11) is 0. The average Bonchev–Trinajstić information content (AvgIpc) is 2.28. The molecule has 1 aliphatic carbocycles. The second-order valence-electron chi connectivity index (χ2n) is 3.41. The minimum Gasteiger partial charge on any atom is -0.466 e. The van der Waals surface area contributed by atoms with Crippen molar-refractivity contribution < 1.29 is 19.4 Å². The number of esters is 1. The first-order chi connectivity index (χ1) is 6.00. The number of carbonyl (C=O) groups is 2. The molecule has 0 spiro atoms. The predicted molar refractivity (Wildman–Crippen MR) is 45.0 cm³/mol. The van der Waals surface area contributed by atoms with Crippen molar-refractivity contribution in [2.75, 3.05) is 6.61 Å². The van der Waals surface area contributed by atoms with Crippen LogP contribution in [-0.4, -0.2) is 29.1 Å². The van der Waals surface area contributed by atoms with Gasteiger partial charge in [-0.3, -0.25) is 9.59 Å². The summed E-state index contributed by atoms with van der Waals surface area (Å²) in [6, 6.07) is 0. The molecule has 0 unspecified atom stereocenters. The standard InChI is InChI=1S/C9H14O4/c1-3-13-8(11)6-4-5-7(10)9(6,2)12/h6,12H,3-5H2,1-2H3/t6-,9+/m1/s1. The summed E-state index contributed by atoms with van der Waals surface area (Å²) in [4.78, 5) is 22.4. The number of hydrogen-bond donors (Lipinski definition) is 1. The molecule has 0 saturated heterocycles. The fraction of sp³-hybridized carbons (Fsp3) is 0.778. The van der Waals surface area contributed by atoms with Crippen molar-refractivity contribution in [2.24, 2.45) is 5.92 Å². The molecule has 0 aromatic rings. The van der Waals surface area contributed by atoms with E-state index >= 15 is 0 Å². The van der Waals surface area contributed by atoms with Gasteiger partial charge in [-0.15, -0.1) is 0 Å². The maximum Gasteiger partial charge on any atom is 0.312 e. The number of ketones is 1. The van der Waals surface area contributed by atoms with Crippen LogP contribution in [0.3, 0.4) is 0 Å². The van der Waals surface area contributed by atoms with Crippen LogP contribution >= 0.6 is 0 Å². The third-order valence-electron chi connectivity index (χ3n) is 2.47. The Balaban J connectivity index is 2.72. The lowest BCUT2D eigenvalue weighted by atomic mass is 9.92. The maximum absolute atomic E-state index is 11.3. The highest BCUT2D eigenvalue weighted by molar-refractivity contribution is 5.95. The molecule has 1 N–H and O–H groups in total. The van der Waals surface area contributed by atoms with Crippen LogP contribution in [0.25, 0.3) is 0 Å². The van der Waals surface area contributed by atoms with Crippen molar-refractivity contribution in [3.63, 3.8) is 0 Å². The lowest BCUT2D eigenvalue weighted by molar-refractivity contribution is -0.158. The summed E-state index contributed by atoms with van der Waals surface area (Å²) < 4.78 is 4.76. The van der Waals surface area contributed by atoms with E-state index in [1.54, 1.807) is 6.92 Å². The Labute approximate surface area is 76.9 Å². The molecular formula is C9H14O4. The van der Waals surface area contributed by atoms with Gasteiger partial charge >= 0.3 is 5.97 Å². The third kappa shape index (κ3) is 1.72. The largest absolute Gasteiger partial charge is 0.466 e. The van der Waals surface area contributed by atoms with E-state index in [4.69, 9.17) is 4.74 Å². The zero-order valence-corrected chi connectivity index (χ0v) is 7.87. The Kier molecular flexibility index (Phi) is 2.71. The number of Topliss-reactive ketones (excluding diaryl/α,β-unsaturated/α-hetero) is 1. The molecule has 0 radical (unpaired) electrons. The summed E-state index contributed by atoms with van der Waals surface area (Å²) in [5.41, 5.74) is -1.52. The first-order valence-electron chi connectivity index (χ1n) is 4.42. The Morgan fingerprint density at radius 2 is 2.38 bits per heavy atom. The van der Waals surface area contributed by atoms with Crippen LogP contribution in [0.2, 0.25) is 0 Å². The molecule has 0 bridgehead atoms. The molecule has 1 fully saturated rings. The van der Waals surface area contributed by atoms with Crippen molar-refractivity contribution in [3.05, 3.63) is 0 Å². The van der Waals surface area contributed by atoms with Crippen LogP contribution in [0.15, 0.2) is 0 Å². The summed E-state index contributed by atoms with van der Waals surface area (Å²) in [6.45, 7) is 3.35. The number of aliphatic hydroxyl groups is 1. The summed E-state index contributed by atoms with van der Waals surface area (Å²) in [5.74, 6) is -1.43. The molecule has 0 aromatic carbocycles. The van der Waals surface area contributed by atoms with Gasteiger partial charge in [0, 0.05) is 6.42 Å². The van der Waals surface area contributed by atoms with E-state index in [1.165, 1.54) is 6.92 Å². The molecular weight excluding hydrogens is 172 g/mol. The monoisotopic (exact) mass is 186 g/mol. The highest BCUT2D eigenvalue weighted by Crippen LogP contribution is 2.33. The lowest BCUT2D eigenvalue weighted by Crippen LogP contribution is -2.41. The van der Waals surface area contributed by atoms with Crippen LogP contribution in [0.5, 0.6) is 0 Å². The molecule has 0 amide bonds. The van der Waals surface area contributed by atoms with E-state index in [-0.39, 0.29) is 18.8 Å². The molecule has 2 atom stereocenters. The topological polar surface area (TPSA) is 63.6 Å². The second-order valence-corrected chi connectivity index (χ2v) is 3.41. The minimum absolute atomic E-state index is 0.260. The Morgan fingerprint density at radius 3 is 2.77 bits per heavy atom. The molecule has 1 rings (SSSR count). The molecule has 0 aliphatic heterocycles. The van der Waals surface area contributed by atoms with E-state index in [9.17, 15) is 14.7 Å². The minimum atomic E-state index is -1.52. The van der Waals surface area contributed by atoms with Gasteiger partial charge in [0.15, 0.2) is 5.78 Å². The third-order valence-corrected chi connectivity index (χ3v) is 2.47. The van der Waals surface area contributed by atoms with Crippen molar-refractivity contribution >= 4 is 11.8 Å². The molecule has 1 saturated carbocycles. The first-order valence-corrected chi connectivity index (χ1v) is 4.42. The van der Waals surface area contributed by atoms with Gasteiger partial charge in [-0.25, -0.2) is 0 Å². The highest BCUT2D eigenvalue weighted by Gasteiger charge is 2.49. The van der Waals surface area contributed by atoms with Crippen LogP contribution in [0, 0.1) is 5.92 Å². The van der Waals surface area contributed by atoms with Crippen molar-refractivity contribution in [1.29, 1.82) is 0 Å². The van der Waals surface area contributed by atoms with Gasteiger partial charge in [0.1, 0.15) is 5.60 Å². The molecule has 0 aromatic heterocycles. The van der Waals surface area contributed by atoms with Gasteiger partial charge in [-0.05, 0) is 20.3 Å². The highest BCUT2D eigenvalue weighted by atomic mass is 16.5. The van der Waals surface area contributed by atoms with Gasteiger partial charge in [-0.2, -0.15) is 0 Å². The van der Waals surface area contributed by atoms with Crippen LogP contribution in [0.1, 0.15) is 26.7 Å². The van der Waals surface area contributed by atoms with Crippen molar-refractivity contribution in [3.8, 4) is 0 Å². The van der Waals surface area contributed by atoms with Crippen LogP contribution < -0.4 is 0 Å². The quantitative estimate of drug-likeness (QED) is 0.629. The van der Waals surface area contributed by atoms with E-state index in [0.29, 0.717) is 6.42 Å². The zero-order valence-electron chi connectivity index (χ0n) is 7.87. The summed E-state index contributed by atoms with van der Waals surface area (Å²) in [6.07, 6.45) is 0.654. The molecule has 13 heavy (non-hydrogen) atoms. The van der Waals surface area contributed by atoms with Gasteiger partial charge < -0.3 is 9.84 Å². The smallest absolute Gasteiger partial charge is 0.312 e. The number of hydrogen-bond acceptors (Lipinski definition) is 4. The molecule has 4 heteroatoms. The predicted octanol–water partition coefficient (Wildman–Crippen LogP) is 0.280. The van der Waals surface area contributed by atoms with Gasteiger partial charge in [-0.1, -0.05) is 0 Å². The second kappa shape index (κ2) is 3.46. The maximum atomic E-state index is 11.3. The number of rotatable bonds is 2. The molecule has 0 heterocycles. The summed E-state index contributed by atoms with van der Waals surface area (Å²) >= 11 is 0. The van der Waals surface area contributed by atoms with Crippen LogP contribution in [-0.2, 0) is 14.3 Å².